The predicted octanol–water partition coefficient (Wildman–Crippen LogP) is 4.00. The van der Waals surface area contributed by atoms with Gasteiger partial charge in [-0.2, -0.15) is 0 Å². The van der Waals surface area contributed by atoms with Crippen LogP contribution in [0.3, 0.4) is 0 Å². The second-order valence-electron chi connectivity index (χ2n) is 4.89. The van der Waals surface area contributed by atoms with Gasteiger partial charge >= 0.3 is 0 Å². The van der Waals surface area contributed by atoms with Crippen molar-refractivity contribution >= 4 is 0 Å². The monoisotopic (exact) mass is 274 g/mol. The van der Waals surface area contributed by atoms with E-state index in [9.17, 15) is 9.50 Å². The molecule has 0 saturated carbocycles. The average Bonchev–Trinajstić information content (AvgIpc) is 2.43. The van der Waals surface area contributed by atoms with Crippen LogP contribution in [0.25, 0.3) is 0 Å². The molecule has 1 N–H and O–H groups in total. The summed E-state index contributed by atoms with van der Waals surface area (Å²) >= 11 is 0. The van der Waals surface area contributed by atoms with Gasteiger partial charge in [-0.05, 0) is 54.3 Å². The summed E-state index contributed by atoms with van der Waals surface area (Å²) in [6, 6.07) is 11.9. The Kier molecular flexibility index (Phi) is 4.74. The minimum atomic E-state index is -0.852. The first kappa shape index (κ1) is 14.5. The summed E-state index contributed by atoms with van der Waals surface area (Å²) in [4.78, 5) is 0. The summed E-state index contributed by atoms with van der Waals surface area (Å²) in [6.45, 7) is 4.48. The van der Waals surface area contributed by atoms with Crippen LogP contribution in [0.2, 0.25) is 0 Å². The zero-order chi connectivity index (χ0) is 14.5. The second kappa shape index (κ2) is 6.53. The van der Waals surface area contributed by atoms with Crippen LogP contribution in [-0.4, -0.2) is 11.7 Å². The van der Waals surface area contributed by atoms with E-state index >= 15 is 0 Å². The van der Waals surface area contributed by atoms with Gasteiger partial charge in [-0.1, -0.05) is 25.1 Å². The summed E-state index contributed by atoms with van der Waals surface area (Å²) in [7, 11) is 0. The van der Waals surface area contributed by atoms with E-state index in [0.717, 1.165) is 17.7 Å². The summed E-state index contributed by atoms with van der Waals surface area (Å²) in [5.41, 5.74) is 2.04. The molecule has 3 heteroatoms. The van der Waals surface area contributed by atoms with E-state index in [1.165, 1.54) is 12.1 Å². The fraction of sp³-hybridized carbons (Fsp3) is 0.294. The van der Waals surface area contributed by atoms with Crippen molar-refractivity contribution in [2.75, 3.05) is 6.61 Å². The van der Waals surface area contributed by atoms with Gasteiger partial charge in [0.25, 0.3) is 0 Å². The van der Waals surface area contributed by atoms with Crippen molar-refractivity contribution in [2.45, 2.75) is 26.4 Å². The normalized spacial score (nSPS) is 12.2. The molecule has 0 aromatic heterocycles. The van der Waals surface area contributed by atoms with Crippen molar-refractivity contribution in [3.05, 3.63) is 65.0 Å². The minimum absolute atomic E-state index is 0.336. The molecule has 0 aliphatic carbocycles. The van der Waals surface area contributed by atoms with Crippen molar-refractivity contribution in [2.24, 2.45) is 0 Å². The number of aliphatic hydroxyl groups is 1. The number of aliphatic hydroxyl groups excluding tert-OH is 1. The van der Waals surface area contributed by atoms with Gasteiger partial charge in [0.2, 0.25) is 0 Å². The third-order valence-corrected chi connectivity index (χ3v) is 3.03. The molecular weight excluding hydrogens is 255 g/mol. The predicted molar refractivity (Wildman–Crippen MR) is 77.4 cm³/mol. The summed E-state index contributed by atoms with van der Waals surface area (Å²) < 4.78 is 19.0. The average molecular weight is 274 g/mol. The number of aryl methyl sites for hydroxylation is 1. The molecule has 0 aliphatic rings. The number of benzene rings is 2. The summed E-state index contributed by atoms with van der Waals surface area (Å²) in [5.74, 6) is 0.383. The largest absolute Gasteiger partial charge is 0.494 e. The molecule has 2 rings (SSSR count). The number of halogens is 1. The minimum Gasteiger partial charge on any atom is -0.494 e. The first-order valence-electron chi connectivity index (χ1n) is 6.78. The van der Waals surface area contributed by atoms with E-state index in [1.807, 2.05) is 25.1 Å². The molecule has 2 aromatic rings. The van der Waals surface area contributed by atoms with Gasteiger partial charge in [-0.25, -0.2) is 4.39 Å². The number of hydrogen-bond acceptors (Lipinski definition) is 2. The van der Waals surface area contributed by atoms with Crippen LogP contribution in [0.4, 0.5) is 4.39 Å². The van der Waals surface area contributed by atoms with Gasteiger partial charge in [0.1, 0.15) is 17.7 Å². The van der Waals surface area contributed by atoms with Crippen molar-refractivity contribution < 1.29 is 14.2 Å². The highest BCUT2D eigenvalue weighted by Crippen LogP contribution is 2.26. The van der Waals surface area contributed by atoms with Crippen LogP contribution >= 0.6 is 0 Å². The molecule has 0 fully saturated rings. The van der Waals surface area contributed by atoms with Gasteiger partial charge in [-0.3, -0.25) is 0 Å². The number of hydrogen-bond donors (Lipinski definition) is 1. The smallest absolute Gasteiger partial charge is 0.123 e. The summed E-state index contributed by atoms with van der Waals surface area (Å²) in [6.07, 6.45) is 0.0742. The molecule has 0 amide bonds. The van der Waals surface area contributed by atoms with Crippen LogP contribution in [-0.2, 0) is 0 Å². The van der Waals surface area contributed by atoms with E-state index in [2.05, 4.69) is 0 Å². The summed E-state index contributed by atoms with van der Waals surface area (Å²) in [5, 5.41) is 10.4. The van der Waals surface area contributed by atoms with Gasteiger partial charge in [-0.15, -0.1) is 0 Å². The van der Waals surface area contributed by atoms with E-state index in [1.54, 1.807) is 19.1 Å². The third kappa shape index (κ3) is 3.58. The maximum Gasteiger partial charge on any atom is 0.123 e. The molecule has 2 aromatic carbocycles. The highest BCUT2D eigenvalue weighted by Gasteiger charge is 2.12. The Morgan fingerprint density at radius 1 is 1.15 bits per heavy atom. The van der Waals surface area contributed by atoms with E-state index in [0.29, 0.717) is 17.7 Å². The van der Waals surface area contributed by atoms with Crippen LogP contribution in [0, 0.1) is 12.7 Å². The molecule has 20 heavy (non-hydrogen) atoms. The van der Waals surface area contributed by atoms with E-state index in [4.69, 9.17) is 4.74 Å². The van der Waals surface area contributed by atoms with Crippen LogP contribution in [0.15, 0.2) is 42.5 Å². The van der Waals surface area contributed by atoms with Crippen molar-refractivity contribution in [1.82, 2.24) is 0 Å². The van der Waals surface area contributed by atoms with Gasteiger partial charge in [0.05, 0.1) is 6.61 Å². The third-order valence-electron chi connectivity index (χ3n) is 3.03. The zero-order valence-corrected chi connectivity index (χ0v) is 11.8. The molecule has 2 nitrogen and oxygen atoms in total. The molecule has 1 atom stereocenters. The van der Waals surface area contributed by atoms with Gasteiger partial charge in [0.15, 0.2) is 0 Å². The molecular formula is C17H19FO2. The Morgan fingerprint density at radius 3 is 2.65 bits per heavy atom. The zero-order valence-electron chi connectivity index (χ0n) is 11.8. The van der Waals surface area contributed by atoms with Crippen LogP contribution in [0.1, 0.15) is 36.1 Å². The maximum atomic E-state index is 13.4. The molecule has 106 valence electrons. The highest BCUT2D eigenvalue weighted by molar-refractivity contribution is 5.36. The van der Waals surface area contributed by atoms with Gasteiger partial charge in [0, 0.05) is 0 Å². The maximum absolute atomic E-state index is 13.4. The van der Waals surface area contributed by atoms with Crippen LogP contribution in [0.5, 0.6) is 5.75 Å². The van der Waals surface area contributed by atoms with Crippen LogP contribution < -0.4 is 4.74 Å². The Bertz CT molecular complexity index is 561. The lowest BCUT2D eigenvalue weighted by atomic mass is 9.99. The molecule has 0 heterocycles. The Morgan fingerprint density at radius 2 is 1.95 bits per heavy atom. The molecule has 0 radical (unpaired) electrons. The van der Waals surface area contributed by atoms with E-state index in [-0.39, 0.29) is 5.82 Å². The van der Waals surface area contributed by atoms with Crippen molar-refractivity contribution in [3.8, 4) is 5.75 Å². The lowest BCUT2D eigenvalue weighted by Gasteiger charge is -2.14. The lowest BCUT2D eigenvalue weighted by Crippen LogP contribution is -2.02. The fourth-order valence-corrected chi connectivity index (χ4v) is 2.11. The fourth-order valence-electron chi connectivity index (χ4n) is 2.11. The lowest BCUT2D eigenvalue weighted by molar-refractivity contribution is 0.218. The molecule has 1 unspecified atom stereocenters. The SMILES string of the molecule is CCCOc1cccc(C(O)c2cc(C)cc(F)c2)c1. The molecule has 0 saturated heterocycles. The number of ether oxygens (including phenoxy) is 1. The Hall–Kier alpha value is -1.87. The molecule has 0 spiro atoms. The molecule has 0 aliphatic heterocycles. The van der Waals surface area contributed by atoms with E-state index < -0.39 is 6.10 Å². The highest BCUT2D eigenvalue weighted by atomic mass is 19.1. The Balaban J connectivity index is 2.25. The number of rotatable bonds is 5. The van der Waals surface area contributed by atoms with Crippen molar-refractivity contribution in [1.29, 1.82) is 0 Å². The van der Waals surface area contributed by atoms with Crippen molar-refractivity contribution in [3.63, 3.8) is 0 Å². The first-order valence-corrected chi connectivity index (χ1v) is 6.78. The first-order chi connectivity index (χ1) is 9.60. The molecule has 0 bridgehead atoms. The second-order valence-corrected chi connectivity index (χ2v) is 4.89. The topological polar surface area (TPSA) is 29.5 Å². The van der Waals surface area contributed by atoms with Gasteiger partial charge < -0.3 is 9.84 Å². The standard InChI is InChI=1S/C17H19FO2/c1-3-7-20-16-6-4-5-13(11-16)17(19)14-8-12(2)9-15(18)10-14/h4-6,8-11,17,19H,3,7H2,1-2H3. The Labute approximate surface area is 118 Å². The quantitative estimate of drug-likeness (QED) is 0.892.